The maximum absolute atomic E-state index is 2.41. The first-order valence-corrected chi connectivity index (χ1v) is 21.6. The van der Waals surface area contributed by atoms with Crippen LogP contribution in [0.3, 0.4) is 0 Å². The highest BCUT2D eigenvalue weighted by molar-refractivity contribution is 6.25. The second-order valence-electron chi connectivity index (χ2n) is 16.7. The summed E-state index contributed by atoms with van der Waals surface area (Å²) in [6.45, 7) is 0. The van der Waals surface area contributed by atoms with E-state index in [0.717, 1.165) is 17.1 Å². The zero-order valence-corrected chi connectivity index (χ0v) is 34.0. The Morgan fingerprint density at radius 3 is 1.19 bits per heavy atom. The van der Waals surface area contributed by atoms with Crippen molar-refractivity contribution in [3.63, 3.8) is 0 Å². The Bertz CT molecular complexity index is 3460. The van der Waals surface area contributed by atoms with Gasteiger partial charge in [0.25, 0.3) is 0 Å². The molecule has 0 aliphatic heterocycles. The van der Waals surface area contributed by atoms with E-state index in [9.17, 15) is 0 Å². The Labute approximate surface area is 361 Å². The zero-order valence-electron chi connectivity index (χ0n) is 34.0. The normalized spacial score (nSPS) is 13.0. The molecule has 0 aromatic heterocycles. The molecule has 0 unspecified atom stereocenters. The Balaban J connectivity index is 0.998. The molecule has 0 heterocycles. The Morgan fingerprint density at radius 2 is 0.629 bits per heavy atom. The topological polar surface area (TPSA) is 3.24 Å². The summed E-state index contributed by atoms with van der Waals surface area (Å²) in [7, 11) is 0. The van der Waals surface area contributed by atoms with E-state index in [-0.39, 0.29) is 0 Å². The lowest BCUT2D eigenvalue weighted by Crippen LogP contribution is -2.26. The molecule has 0 fully saturated rings. The quantitative estimate of drug-likeness (QED) is 0.157. The van der Waals surface area contributed by atoms with Gasteiger partial charge in [-0.2, -0.15) is 0 Å². The second kappa shape index (κ2) is 13.5. The van der Waals surface area contributed by atoms with Gasteiger partial charge in [0.15, 0.2) is 0 Å². The number of hydrogen-bond acceptors (Lipinski definition) is 1. The van der Waals surface area contributed by atoms with Gasteiger partial charge in [-0.15, -0.1) is 0 Å². The molecule has 288 valence electrons. The van der Waals surface area contributed by atoms with Gasteiger partial charge in [0, 0.05) is 17.1 Å². The molecule has 0 N–H and O–H groups in total. The number of nitrogens with zero attached hydrogens (tertiary/aromatic N) is 1. The van der Waals surface area contributed by atoms with E-state index in [2.05, 4.69) is 241 Å². The molecular weight excluding hydrogens is 747 g/mol. The third kappa shape index (κ3) is 4.91. The molecule has 13 rings (SSSR count). The summed E-state index contributed by atoms with van der Waals surface area (Å²) < 4.78 is 0. The minimum Gasteiger partial charge on any atom is -0.310 e. The van der Waals surface area contributed by atoms with Gasteiger partial charge in [-0.05, 0) is 135 Å². The minimum atomic E-state index is -0.418. The highest BCUT2D eigenvalue weighted by atomic mass is 15.1. The van der Waals surface area contributed by atoms with Crippen molar-refractivity contribution in [1.82, 2.24) is 0 Å². The van der Waals surface area contributed by atoms with Crippen LogP contribution in [0.5, 0.6) is 0 Å². The van der Waals surface area contributed by atoms with Crippen molar-refractivity contribution in [2.45, 2.75) is 5.41 Å². The SMILES string of the molecule is c1ccc(-c2ccc(N(c3ccc(-c4cccc5c4C4(c6ccccc6-c6ccccc64)c4ccccc4-5)cc3)c3ccc4c5ccccc5c5ccccc5c4c3)cc2)cc1. The van der Waals surface area contributed by atoms with Crippen molar-refractivity contribution in [3.05, 3.63) is 259 Å². The third-order valence-electron chi connectivity index (χ3n) is 13.7. The predicted molar refractivity (Wildman–Crippen MR) is 261 cm³/mol. The Kier molecular flexibility index (Phi) is 7.59. The fraction of sp³-hybridized carbons (Fsp3) is 0.0164. The van der Waals surface area contributed by atoms with Gasteiger partial charge >= 0.3 is 0 Å². The van der Waals surface area contributed by atoms with Crippen LogP contribution in [-0.4, -0.2) is 0 Å². The molecule has 0 atom stereocenters. The molecule has 11 aromatic rings. The first-order valence-electron chi connectivity index (χ1n) is 21.6. The molecule has 1 spiro atoms. The fourth-order valence-electron chi connectivity index (χ4n) is 11.1. The van der Waals surface area contributed by atoms with Gasteiger partial charge in [0.05, 0.1) is 5.41 Å². The number of rotatable bonds is 5. The number of anilines is 3. The first kappa shape index (κ1) is 34.8. The van der Waals surface area contributed by atoms with Gasteiger partial charge in [-0.1, -0.05) is 200 Å². The maximum Gasteiger partial charge on any atom is 0.0731 e. The van der Waals surface area contributed by atoms with Gasteiger partial charge in [-0.3, -0.25) is 0 Å². The zero-order chi connectivity index (χ0) is 40.8. The minimum absolute atomic E-state index is 0.418. The summed E-state index contributed by atoms with van der Waals surface area (Å²) in [5.74, 6) is 0. The smallest absolute Gasteiger partial charge is 0.0731 e. The summed E-state index contributed by atoms with van der Waals surface area (Å²) in [6.07, 6.45) is 0. The van der Waals surface area contributed by atoms with Crippen molar-refractivity contribution >= 4 is 49.4 Å². The van der Waals surface area contributed by atoms with E-state index in [1.54, 1.807) is 0 Å². The predicted octanol–water partition coefficient (Wildman–Crippen LogP) is 16.3. The second-order valence-corrected chi connectivity index (χ2v) is 16.7. The molecule has 62 heavy (non-hydrogen) atoms. The maximum atomic E-state index is 2.41. The van der Waals surface area contributed by atoms with E-state index in [1.807, 2.05) is 0 Å². The summed E-state index contributed by atoms with van der Waals surface area (Å²) in [4.78, 5) is 2.41. The summed E-state index contributed by atoms with van der Waals surface area (Å²) >= 11 is 0. The molecule has 1 nitrogen and oxygen atoms in total. The molecule has 0 bridgehead atoms. The van der Waals surface area contributed by atoms with Crippen molar-refractivity contribution in [2.24, 2.45) is 0 Å². The summed E-state index contributed by atoms with van der Waals surface area (Å²) in [6, 6.07) is 87.7. The van der Waals surface area contributed by atoms with Crippen molar-refractivity contribution in [2.75, 3.05) is 4.90 Å². The van der Waals surface area contributed by atoms with Gasteiger partial charge in [0.2, 0.25) is 0 Å². The molecule has 0 radical (unpaired) electrons. The monoisotopic (exact) mass is 785 g/mol. The van der Waals surface area contributed by atoms with Crippen LogP contribution in [0.15, 0.2) is 237 Å². The molecule has 0 amide bonds. The Hall–Kier alpha value is -8.00. The van der Waals surface area contributed by atoms with E-state index < -0.39 is 5.41 Å². The van der Waals surface area contributed by atoms with Crippen molar-refractivity contribution in [1.29, 1.82) is 0 Å². The van der Waals surface area contributed by atoms with E-state index in [4.69, 9.17) is 0 Å². The Morgan fingerprint density at radius 1 is 0.242 bits per heavy atom. The lowest BCUT2D eigenvalue weighted by atomic mass is 9.68. The van der Waals surface area contributed by atoms with Crippen LogP contribution in [-0.2, 0) is 5.41 Å². The van der Waals surface area contributed by atoms with Crippen LogP contribution in [0.25, 0.3) is 76.8 Å². The average molecular weight is 786 g/mol. The molecule has 0 saturated carbocycles. The number of hydrogen-bond donors (Lipinski definition) is 0. The number of fused-ring (bicyclic) bond motifs is 16. The lowest BCUT2D eigenvalue weighted by Gasteiger charge is -2.32. The highest BCUT2D eigenvalue weighted by Crippen LogP contribution is 2.64. The third-order valence-corrected chi connectivity index (χ3v) is 13.7. The van der Waals surface area contributed by atoms with Crippen LogP contribution in [0, 0.1) is 0 Å². The molecule has 0 saturated heterocycles. The molecular formula is C61H39N. The largest absolute Gasteiger partial charge is 0.310 e. The lowest BCUT2D eigenvalue weighted by molar-refractivity contribution is 0.796. The van der Waals surface area contributed by atoms with Crippen LogP contribution < -0.4 is 4.90 Å². The fourth-order valence-corrected chi connectivity index (χ4v) is 11.1. The van der Waals surface area contributed by atoms with Crippen LogP contribution in [0.1, 0.15) is 22.3 Å². The molecule has 11 aromatic carbocycles. The van der Waals surface area contributed by atoms with E-state index >= 15 is 0 Å². The average Bonchev–Trinajstić information content (AvgIpc) is 3.82. The van der Waals surface area contributed by atoms with Crippen molar-refractivity contribution in [3.8, 4) is 44.5 Å². The van der Waals surface area contributed by atoms with Crippen LogP contribution >= 0.6 is 0 Å². The van der Waals surface area contributed by atoms with Crippen LogP contribution in [0.2, 0.25) is 0 Å². The highest BCUT2D eigenvalue weighted by Gasteiger charge is 2.52. The van der Waals surface area contributed by atoms with Crippen LogP contribution in [0.4, 0.5) is 17.1 Å². The molecule has 1 heteroatoms. The van der Waals surface area contributed by atoms with Gasteiger partial charge < -0.3 is 4.90 Å². The van der Waals surface area contributed by atoms with E-state index in [1.165, 1.54) is 99.1 Å². The molecule has 2 aliphatic carbocycles. The number of benzene rings is 11. The van der Waals surface area contributed by atoms with Gasteiger partial charge in [-0.25, -0.2) is 0 Å². The molecule has 2 aliphatic rings. The summed E-state index contributed by atoms with van der Waals surface area (Å²) in [5.41, 5.74) is 18.5. The first-order chi connectivity index (χ1) is 30.8. The summed E-state index contributed by atoms with van der Waals surface area (Å²) in [5, 5.41) is 7.62. The van der Waals surface area contributed by atoms with E-state index in [0.29, 0.717) is 0 Å². The van der Waals surface area contributed by atoms with Gasteiger partial charge in [0.1, 0.15) is 0 Å². The van der Waals surface area contributed by atoms with Crippen molar-refractivity contribution < 1.29 is 0 Å². The standard InChI is InChI=1S/C61H39N/c1-2-15-40(16-3-1)41-29-33-43(34-30-41)62(45-37-38-51-49-19-5-4-17-47(49)48-18-6-7-20-50(48)56(51)39-45)44-35-31-42(32-36-44)46-24-14-25-55-54-23-10-13-28-59(54)61(60(46)55)57-26-11-8-21-52(57)53-22-9-12-27-58(53)61/h1-39H.